The number of aromatic amines is 1. The number of aryl methyl sites for hydroxylation is 3. The zero-order chi connectivity index (χ0) is 16.6. The lowest BCUT2D eigenvalue weighted by Crippen LogP contribution is -2.14. The molecule has 3 aromatic rings. The van der Waals surface area contributed by atoms with E-state index in [1.165, 1.54) is 11.3 Å². The lowest BCUT2D eigenvalue weighted by Gasteiger charge is -2.06. The molecule has 0 radical (unpaired) electrons. The van der Waals surface area contributed by atoms with E-state index in [-0.39, 0.29) is 12.2 Å². The van der Waals surface area contributed by atoms with Crippen molar-refractivity contribution in [2.75, 3.05) is 0 Å². The number of carbonyl (C=O) groups excluding carboxylic acids is 1. The molecule has 0 spiro atoms. The molecule has 6 heteroatoms. The van der Waals surface area contributed by atoms with Crippen LogP contribution in [0.4, 0.5) is 0 Å². The van der Waals surface area contributed by atoms with E-state index in [4.69, 9.17) is 4.74 Å². The maximum Gasteiger partial charge on any atom is 0.338 e. The van der Waals surface area contributed by atoms with Crippen LogP contribution in [0.5, 0.6) is 0 Å². The van der Waals surface area contributed by atoms with E-state index in [1.807, 2.05) is 32.9 Å². The topological polar surface area (TPSA) is 72.0 Å². The third-order valence-corrected chi connectivity index (χ3v) is 4.89. The fraction of sp³-hybridized carbons (Fsp3) is 0.235. The van der Waals surface area contributed by atoms with Crippen molar-refractivity contribution >= 4 is 27.5 Å². The van der Waals surface area contributed by atoms with Crippen LogP contribution in [-0.2, 0) is 11.3 Å². The summed E-state index contributed by atoms with van der Waals surface area (Å²) in [5.41, 5.74) is 2.11. The average Bonchev–Trinajstić information content (AvgIpc) is 2.80. The summed E-state index contributed by atoms with van der Waals surface area (Å²) >= 11 is 1.47. The lowest BCUT2D eigenvalue weighted by molar-refractivity contribution is 0.0461. The number of nitrogens with one attached hydrogen (secondary N) is 1. The minimum atomic E-state index is -0.426. The van der Waals surface area contributed by atoms with Crippen molar-refractivity contribution in [3.8, 4) is 0 Å². The normalized spacial score (nSPS) is 10.9. The van der Waals surface area contributed by atoms with Gasteiger partial charge in [0.2, 0.25) is 0 Å². The predicted octanol–water partition coefficient (Wildman–Crippen LogP) is 3.27. The van der Waals surface area contributed by atoms with Crippen molar-refractivity contribution < 1.29 is 9.53 Å². The molecule has 0 bridgehead atoms. The number of hydrogen-bond donors (Lipinski definition) is 1. The van der Waals surface area contributed by atoms with E-state index >= 15 is 0 Å². The van der Waals surface area contributed by atoms with E-state index < -0.39 is 5.97 Å². The molecule has 5 nitrogen and oxygen atoms in total. The smallest absolute Gasteiger partial charge is 0.338 e. The molecule has 3 rings (SSSR count). The van der Waals surface area contributed by atoms with Gasteiger partial charge in [0.05, 0.1) is 10.9 Å². The molecule has 118 valence electrons. The SMILES string of the molecule is Cc1ccccc1C(=O)OCc1nc2sc(C)c(C)c2c(=O)[nH]1. The number of benzene rings is 1. The standard InChI is InChI=1S/C17H16N2O3S/c1-9-6-4-5-7-12(9)17(21)22-8-13-18-15(20)14-10(2)11(3)23-16(14)19-13/h4-7H,8H2,1-3H3,(H,18,19,20). The van der Waals surface area contributed by atoms with E-state index in [9.17, 15) is 9.59 Å². The molecule has 23 heavy (non-hydrogen) atoms. The number of carbonyl (C=O) groups is 1. The summed E-state index contributed by atoms with van der Waals surface area (Å²) in [6, 6.07) is 7.20. The number of hydrogen-bond acceptors (Lipinski definition) is 5. The Morgan fingerprint density at radius 3 is 2.74 bits per heavy atom. The Morgan fingerprint density at radius 1 is 1.26 bits per heavy atom. The molecule has 0 unspecified atom stereocenters. The first-order chi connectivity index (χ1) is 11.0. The number of fused-ring (bicyclic) bond motifs is 1. The second-order valence-electron chi connectivity index (χ2n) is 5.37. The monoisotopic (exact) mass is 328 g/mol. The van der Waals surface area contributed by atoms with Crippen LogP contribution < -0.4 is 5.56 Å². The first kappa shape index (κ1) is 15.4. The summed E-state index contributed by atoms with van der Waals surface area (Å²) in [6.07, 6.45) is 0. The van der Waals surface area contributed by atoms with Gasteiger partial charge in [0.1, 0.15) is 17.3 Å². The van der Waals surface area contributed by atoms with Crippen LogP contribution >= 0.6 is 11.3 Å². The summed E-state index contributed by atoms with van der Waals surface area (Å²) in [4.78, 5) is 33.1. The largest absolute Gasteiger partial charge is 0.454 e. The average molecular weight is 328 g/mol. The number of rotatable bonds is 3. The highest BCUT2D eigenvalue weighted by atomic mass is 32.1. The Kier molecular flexibility index (Phi) is 4.00. The van der Waals surface area contributed by atoms with Crippen molar-refractivity contribution in [1.29, 1.82) is 0 Å². The number of thiophene rings is 1. The quantitative estimate of drug-likeness (QED) is 0.749. The Bertz CT molecular complexity index is 956. The minimum Gasteiger partial charge on any atom is -0.454 e. The van der Waals surface area contributed by atoms with Gasteiger partial charge in [0.15, 0.2) is 0 Å². The Morgan fingerprint density at radius 2 is 2.00 bits per heavy atom. The van der Waals surface area contributed by atoms with Gasteiger partial charge in [-0.15, -0.1) is 11.3 Å². The van der Waals surface area contributed by atoms with Crippen molar-refractivity contribution in [1.82, 2.24) is 9.97 Å². The molecule has 0 aliphatic rings. The fourth-order valence-electron chi connectivity index (χ4n) is 2.38. The van der Waals surface area contributed by atoms with Crippen LogP contribution in [0, 0.1) is 20.8 Å². The molecule has 2 heterocycles. The second kappa shape index (κ2) is 5.96. The molecular formula is C17H16N2O3S. The molecule has 0 aliphatic carbocycles. The van der Waals surface area contributed by atoms with Gasteiger partial charge in [-0.2, -0.15) is 0 Å². The maximum absolute atomic E-state index is 12.2. The van der Waals surface area contributed by atoms with E-state index in [0.717, 1.165) is 16.0 Å². The maximum atomic E-state index is 12.2. The highest BCUT2D eigenvalue weighted by Crippen LogP contribution is 2.25. The van der Waals surface area contributed by atoms with Crippen LogP contribution in [-0.4, -0.2) is 15.9 Å². The molecule has 2 aromatic heterocycles. The Balaban J connectivity index is 1.84. The first-order valence-corrected chi connectivity index (χ1v) is 8.00. The lowest BCUT2D eigenvalue weighted by atomic mass is 10.1. The van der Waals surface area contributed by atoms with E-state index in [2.05, 4.69) is 9.97 Å². The Hall–Kier alpha value is -2.47. The molecule has 0 fully saturated rings. The van der Waals surface area contributed by atoms with Crippen LogP contribution in [0.3, 0.4) is 0 Å². The first-order valence-electron chi connectivity index (χ1n) is 7.19. The molecule has 1 aromatic carbocycles. The molecule has 0 atom stereocenters. The van der Waals surface area contributed by atoms with Crippen molar-refractivity contribution in [3.05, 3.63) is 62.0 Å². The van der Waals surface area contributed by atoms with E-state index in [0.29, 0.717) is 21.6 Å². The predicted molar refractivity (Wildman–Crippen MR) is 90.0 cm³/mol. The molecule has 1 N–H and O–H groups in total. The molecule has 0 saturated carbocycles. The summed E-state index contributed by atoms with van der Waals surface area (Å²) in [5, 5.41) is 0.612. The van der Waals surface area contributed by atoms with Crippen LogP contribution in [0.1, 0.15) is 32.2 Å². The molecular weight excluding hydrogens is 312 g/mol. The zero-order valence-electron chi connectivity index (χ0n) is 13.1. The summed E-state index contributed by atoms with van der Waals surface area (Å²) in [5.74, 6) is -0.0740. The molecule has 0 saturated heterocycles. The van der Waals surface area contributed by atoms with Gasteiger partial charge < -0.3 is 9.72 Å². The van der Waals surface area contributed by atoms with Gasteiger partial charge in [-0.05, 0) is 38.0 Å². The number of aromatic nitrogens is 2. The molecule has 0 aliphatic heterocycles. The van der Waals surface area contributed by atoms with Crippen LogP contribution in [0.25, 0.3) is 10.2 Å². The third-order valence-electron chi connectivity index (χ3n) is 3.79. The number of ether oxygens (including phenoxy) is 1. The Labute approximate surface area is 137 Å². The second-order valence-corrected chi connectivity index (χ2v) is 6.57. The van der Waals surface area contributed by atoms with Crippen LogP contribution in [0.2, 0.25) is 0 Å². The van der Waals surface area contributed by atoms with Gasteiger partial charge in [0.25, 0.3) is 5.56 Å². The van der Waals surface area contributed by atoms with Crippen LogP contribution in [0.15, 0.2) is 29.1 Å². The number of nitrogens with zero attached hydrogens (tertiary/aromatic N) is 1. The third kappa shape index (κ3) is 2.90. The van der Waals surface area contributed by atoms with Crippen molar-refractivity contribution in [2.24, 2.45) is 0 Å². The van der Waals surface area contributed by atoms with Gasteiger partial charge in [-0.3, -0.25) is 4.79 Å². The van der Waals surface area contributed by atoms with Crippen molar-refractivity contribution in [2.45, 2.75) is 27.4 Å². The summed E-state index contributed by atoms with van der Waals surface area (Å²) in [6.45, 7) is 5.65. The van der Waals surface area contributed by atoms with Gasteiger partial charge in [-0.25, -0.2) is 9.78 Å². The fourth-order valence-corrected chi connectivity index (χ4v) is 3.43. The van der Waals surface area contributed by atoms with Gasteiger partial charge >= 0.3 is 5.97 Å². The molecule has 0 amide bonds. The minimum absolute atomic E-state index is 0.0612. The van der Waals surface area contributed by atoms with Gasteiger partial charge in [-0.1, -0.05) is 18.2 Å². The van der Waals surface area contributed by atoms with Gasteiger partial charge in [0, 0.05) is 4.88 Å². The zero-order valence-corrected chi connectivity index (χ0v) is 13.9. The summed E-state index contributed by atoms with van der Waals surface area (Å²) < 4.78 is 5.27. The van der Waals surface area contributed by atoms with Crippen molar-refractivity contribution in [3.63, 3.8) is 0 Å². The van der Waals surface area contributed by atoms with E-state index in [1.54, 1.807) is 12.1 Å². The summed E-state index contributed by atoms with van der Waals surface area (Å²) in [7, 11) is 0. The number of H-pyrrole nitrogens is 1. The highest BCUT2D eigenvalue weighted by Gasteiger charge is 2.14. The highest BCUT2D eigenvalue weighted by molar-refractivity contribution is 7.18. The number of esters is 1.